The van der Waals surface area contributed by atoms with Crippen molar-refractivity contribution in [2.24, 2.45) is 7.05 Å². The van der Waals surface area contributed by atoms with Gasteiger partial charge in [-0.25, -0.2) is 8.42 Å². The number of nitrogens with one attached hydrogen (secondary N) is 3. The predicted molar refractivity (Wildman–Crippen MR) is 95.6 cm³/mol. The largest absolute Gasteiger partial charge is 0.479 e. The highest BCUT2D eigenvalue weighted by molar-refractivity contribution is 7.92. The van der Waals surface area contributed by atoms with E-state index in [9.17, 15) is 18.0 Å². The molecule has 3 N–H and O–H groups in total. The van der Waals surface area contributed by atoms with Gasteiger partial charge in [-0.15, -0.1) is 5.10 Å². The Bertz CT molecular complexity index is 922. The van der Waals surface area contributed by atoms with Crippen LogP contribution in [0.3, 0.4) is 0 Å². The molecule has 0 aliphatic heterocycles. The molecule has 11 heteroatoms. The number of carbonyl (C=O) groups is 2. The number of ether oxygens (including phenoxy) is 1. The second-order valence-corrected chi connectivity index (χ2v) is 7.16. The Kier molecular flexibility index (Phi) is 5.82. The molecule has 140 valence electrons. The lowest BCUT2D eigenvalue weighted by Crippen LogP contribution is -2.32. The topological polar surface area (TPSA) is 131 Å². The van der Waals surface area contributed by atoms with E-state index in [-0.39, 0.29) is 18.0 Å². The molecule has 1 aromatic carbocycles. The van der Waals surface area contributed by atoms with Crippen LogP contribution in [0.25, 0.3) is 0 Å². The molecule has 0 bridgehead atoms. The molecule has 0 radical (unpaired) electrons. The molecule has 26 heavy (non-hydrogen) atoms. The summed E-state index contributed by atoms with van der Waals surface area (Å²) in [7, 11) is -0.384. The van der Waals surface area contributed by atoms with Gasteiger partial charge in [0.05, 0.1) is 25.6 Å². The highest BCUT2D eigenvalue weighted by Crippen LogP contribution is 2.16. The van der Waals surface area contributed by atoms with Gasteiger partial charge in [-0.3, -0.25) is 19.0 Å². The minimum absolute atomic E-state index is 0.157. The molecular formula is C15H19N5O5S. The molecule has 0 spiro atoms. The third kappa shape index (κ3) is 5.48. The summed E-state index contributed by atoms with van der Waals surface area (Å²) in [6, 6.07) is 6.19. The molecular weight excluding hydrogens is 362 g/mol. The van der Waals surface area contributed by atoms with Crippen LogP contribution in [-0.2, 0) is 21.9 Å². The molecule has 0 unspecified atom stereocenters. The van der Waals surface area contributed by atoms with Crippen LogP contribution in [0.1, 0.15) is 10.4 Å². The number of benzene rings is 1. The first-order chi connectivity index (χ1) is 12.2. The Morgan fingerprint density at radius 2 is 1.96 bits per heavy atom. The van der Waals surface area contributed by atoms with Crippen LogP contribution in [-0.4, -0.2) is 49.9 Å². The first-order valence-electron chi connectivity index (χ1n) is 7.41. The minimum atomic E-state index is -3.42. The zero-order chi connectivity index (χ0) is 19.3. The molecule has 1 aromatic heterocycles. The SMILES string of the molecule is COc1nn(C)cc1C(=O)NCC(=O)Nc1cccc(NS(C)(=O)=O)c1. The Morgan fingerprint density at radius 3 is 2.62 bits per heavy atom. The van der Waals surface area contributed by atoms with Crippen LogP contribution in [0.2, 0.25) is 0 Å². The molecule has 2 amide bonds. The number of hydrogen-bond acceptors (Lipinski definition) is 6. The molecule has 1 heterocycles. The maximum absolute atomic E-state index is 12.1. The number of anilines is 2. The lowest BCUT2D eigenvalue weighted by atomic mass is 10.3. The summed E-state index contributed by atoms with van der Waals surface area (Å²) < 4.78 is 31.2. The third-order valence-corrected chi connectivity index (χ3v) is 3.70. The Hall–Kier alpha value is -3.08. The van der Waals surface area contributed by atoms with E-state index in [1.165, 1.54) is 24.1 Å². The maximum Gasteiger partial charge on any atom is 0.258 e. The van der Waals surface area contributed by atoms with Gasteiger partial charge in [0.2, 0.25) is 21.8 Å². The van der Waals surface area contributed by atoms with Crippen LogP contribution in [0.4, 0.5) is 11.4 Å². The normalized spacial score (nSPS) is 10.9. The van der Waals surface area contributed by atoms with Gasteiger partial charge >= 0.3 is 0 Å². The maximum atomic E-state index is 12.1. The second-order valence-electron chi connectivity index (χ2n) is 5.41. The Balaban J connectivity index is 1.94. The molecule has 0 fully saturated rings. The van der Waals surface area contributed by atoms with E-state index < -0.39 is 21.8 Å². The van der Waals surface area contributed by atoms with Crippen LogP contribution in [0, 0.1) is 0 Å². The number of aryl methyl sites for hydroxylation is 1. The van der Waals surface area contributed by atoms with Crippen molar-refractivity contribution in [3.05, 3.63) is 36.0 Å². The number of rotatable bonds is 7. The number of amides is 2. The van der Waals surface area contributed by atoms with Crippen LogP contribution in [0.15, 0.2) is 30.5 Å². The predicted octanol–water partition coefficient (Wildman–Crippen LogP) is 0.169. The summed E-state index contributed by atoms with van der Waals surface area (Å²) in [5, 5.41) is 8.99. The molecule has 2 rings (SSSR count). The van der Waals surface area contributed by atoms with Crippen molar-refractivity contribution in [2.75, 3.05) is 29.9 Å². The van der Waals surface area contributed by atoms with Crippen molar-refractivity contribution in [1.29, 1.82) is 0 Å². The van der Waals surface area contributed by atoms with Crippen molar-refractivity contribution >= 4 is 33.2 Å². The minimum Gasteiger partial charge on any atom is -0.479 e. The molecule has 0 atom stereocenters. The molecule has 0 saturated heterocycles. The van der Waals surface area contributed by atoms with Crippen molar-refractivity contribution in [3.8, 4) is 5.88 Å². The lowest BCUT2D eigenvalue weighted by molar-refractivity contribution is -0.115. The number of carbonyl (C=O) groups excluding carboxylic acids is 2. The van der Waals surface area contributed by atoms with Gasteiger partial charge in [-0.05, 0) is 18.2 Å². The quantitative estimate of drug-likeness (QED) is 0.626. The van der Waals surface area contributed by atoms with E-state index in [0.717, 1.165) is 6.26 Å². The summed E-state index contributed by atoms with van der Waals surface area (Å²) in [6.07, 6.45) is 2.51. The standard InChI is InChI=1S/C15H19N5O5S/c1-20-9-12(15(18-20)25-2)14(22)16-8-13(21)17-10-5-4-6-11(7-10)19-26(3,23)24/h4-7,9,19H,8H2,1-3H3,(H,16,22)(H,17,21). The third-order valence-electron chi connectivity index (χ3n) is 3.09. The Labute approximate surface area is 150 Å². The summed E-state index contributed by atoms with van der Waals surface area (Å²) >= 11 is 0. The molecule has 0 aliphatic rings. The van der Waals surface area contributed by atoms with E-state index in [4.69, 9.17) is 4.74 Å². The van der Waals surface area contributed by atoms with E-state index in [1.807, 2.05) is 0 Å². The number of hydrogen-bond donors (Lipinski definition) is 3. The zero-order valence-corrected chi connectivity index (χ0v) is 15.3. The van der Waals surface area contributed by atoms with Gasteiger partial charge < -0.3 is 15.4 Å². The molecule has 0 saturated carbocycles. The number of sulfonamides is 1. The van der Waals surface area contributed by atoms with Crippen molar-refractivity contribution in [3.63, 3.8) is 0 Å². The highest BCUT2D eigenvalue weighted by atomic mass is 32.2. The van der Waals surface area contributed by atoms with Gasteiger partial charge in [-0.1, -0.05) is 6.07 Å². The monoisotopic (exact) mass is 381 g/mol. The zero-order valence-electron chi connectivity index (χ0n) is 14.4. The summed E-state index contributed by atoms with van der Waals surface area (Å²) in [5.74, 6) is -0.819. The van der Waals surface area contributed by atoms with Gasteiger partial charge in [0.1, 0.15) is 5.56 Å². The summed E-state index contributed by atoms with van der Waals surface area (Å²) in [4.78, 5) is 24.1. The fourth-order valence-electron chi connectivity index (χ4n) is 2.11. The number of methoxy groups -OCH3 is 1. The molecule has 0 aliphatic carbocycles. The van der Waals surface area contributed by atoms with Crippen LogP contribution < -0.4 is 20.1 Å². The second kappa shape index (κ2) is 7.87. The van der Waals surface area contributed by atoms with E-state index in [2.05, 4.69) is 20.5 Å². The van der Waals surface area contributed by atoms with E-state index in [1.54, 1.807) is 25.2 Å². The van der Waals surface area contributed by atoms with E-state index in [0.29, 0.717) is 11.4 Å². The van der Waals surface area contributed by atoms with Gasteiger partial charge in [0.15, 0.2) is 0 Å². The van der Waals surface area contributed by atoms with Gasteiger partial charge in [0, 0.05) is 18.9 Å². The summed E-state index contributed by atoms with van der Waals surface area (Å²) in [6.45, 7) is -0.277. The van der Waals surface area contributed by atoms with Gasteiger partial charge in [-0.2, -0.15) is 0 Å². The van der Waals surface area contributed by atoms with Crippen LogP contribution >= 0.6 is 0 Å². The first kappa shape index (κ1) is 19.2. The van der Waals surface area contributed by atoms with Crippen molar-refractivity contribution in [2.45, 2.75) is 0 Å². The fourth-order valence-corrected chi connectivity index (χ4v) is 2.67. The first-order valence-corrected chi connectivity index (χ1v) is 9.30. The number of nitrogens with zero attached hydrogens (tertiary/aromatic N) is 2. The molecule has 2 aromatic rings. The fraction of sp³-hybridized carbons (Fsp3) is 0.267. The van der Waals surface area contributed by atoms with E-state index >= 15 is 0 Å². The number of aromatic nitrogens is 2. The van der Waals surface area contributed by atoms with Crippen LogP contribution in [0.5, 0.6) is 5.88 Å². The van der Waals surface area contributed by atoms with Crippen molar-refractivity contribution < 1.29 is 22.7 Å². The van der Waals surface area contributed by atoms with Crippen molar-refractivity contribution in [1.82, 2.24) is 15.1 Å². The molecule has 10 nitrogen and oxygen atoms in total. The smallest absolute Gasteiger partial charge is 0.258 e. The highest BCUT2D eigenvalue weighted by Gasteiger charge is 2.17. The summed E-state index contributed by atoms with van der Waals surface area (Å²) in [5.41, 5.74) is 0.911. The average Bonchev–Trinajstić information content (AvgIpc) is 2.92. The van der Waals surface area contributed by atoms with Gasteiger partial charge in [0.25, 0.3) is 5.91 Å². The average molecular weight is 381 g/mol. The lowest BCUT2D eigenvalue weighted by Gasteiger charge is -2.09. The Morgan fingerprint density at radius 1 is 1.27 bits per heavy atom.